The molecule has 110 valence electrons. The van der Waals surface area contributed by atoms with Crippen LogP contribution < -0.4 is 11.1 Å². The van der Waals surface area contributed by atoms with Gasteiger partial charge >= 0.3 is 0 Å². The summed E-state index contributed by atoms with van der Waals surface area (Å²) in [6, 6.07) is 7.57. The van der Waals surface area contributed by atoms with Gasteiger partial charge in [0.05, 0.1) is 0 Å². The quantitative estimate of drug-likeness (QED) is 0.877. The lowest BCUT2D eigenvalue weighted by Crippen LogP contribution is -2.50. The molecule has 1 aliphatic heterocycles. The standard InChI is InChI=1S/C15H22BrN3O/c1-15(17,12-3-5-13(16)6-4-12)14(20)18-9-11-7-8-19(2)10-11/h3-6,11H,7-10,17H2,1-2H3,(H,18,20). The number of carbonyl (C=O) groups is 1. The van der Waals surface area contributed by atoms with Crippen molar-refractivity contribution >= 4 is 21.8 Å². The summed E-state index contributed by atoms with van der Waals surface area (Å²) in [5.41, 5.74) is 6.03. The molecule has 1 amide bonds. The number of likely N-dealkylation sites (tertiary alicyclic amines) is 1. The Balaban J connectivity index is 1.94. The highest BCUT2D eigenvalue weighted by Crippen LogP contribution is 2.21. The van der Waals surface area contributed by atoms with Gasteiger partial charge < -0.3 is 16.0 Å². The molecule has 0 saturated carbocycles. The third-order valence-electron chi connectivity index (χ3n) is 3.96. The van der Waals surface area contributed by atoms with Crippen molar-refractivity contribution < 1.29 is 4.79 Å². The number of amides is 1. The summed E-state index contributed by atoms with van der Waals surface area (Å²) in [7, 11) is 2.11. The van der Waals surface area contributed by atoms with Crippen LogP contribution in [0.25, 0.3) is 0 Å². The number of hydrogen-bond donors (Lipinski definition) is 2. The molecule has 2 rings (SSSR count). The largest absolute Gasteiger partial charge is 0.354 e. The van der Waals surface area contributed by atoms with Gasteiger partial charge in [0.1, 0.15) is 5.54 Å². The maximum absolute atomic E-state index is 12.3. The van der Waals surface area contributed by atoms with Crippen LogP contribution in [0, 0.1) is 5.92 Å². The number of rotatable bonds is 4. The van der Waals surface area contributed by atoms with Crippen molar-refractivity contribution in [1.82, 2.24) is 10.2 Å². The number of nitrogens with zero attached hydrogens (tertiary/aromatic N) is 1. The van der Waals surface area contributed by atoms with Crippen molar-refractivity contribution in [2.75, 3.05) is 26.7 Å². The van der Waals surface area contributed by atoms with Crippen LogP contribution in [0.2, 0.25) is 0 Å². The van der Waals surface area contributed by atoms with Gasteiger partial charge in [0, 0.05) is 17.6 Å². The smallest absolute Gasteiger partial charge is 0.244 e. The third-order valence-corrected chi connectivity index (χ3v) is 4.48. The first kappa shape index (κ1) is 15.5. The van der Waals surface area contributed by atoms with E-state index in [4.69, 9.17) is 5.73 Å². The fraction of sp³-hybridized carbons (Fsp3) is 0.533. The fourth-order valence-corrected chi connectivity index (χ4v) is 2.81. The molecule has 20 heavy (non-hydrogen) atoms. The zero-order chi connectivity index (χ0) is 14.8. The van der Waals surface area contributed by atoms with Gasteiger partial charge in [-0.05, 0) is 50.6 Å². The van der Waals surface area contributed by atoms with E-state index >= 15 is 0 Å². The topological polar surface area (TPSA) is 58.4 Å². The first-order valence-corrected chi connectivity index (χ1v) is 7.70. The molecule has 0 aliphatic carbocycles. The molecule has 1 aromatic carbocycles. The molecule has 1 aliphatic rings. The summed E-state index contributed by atoms with van der Waals surface area (Å²) in [5, 5.41) is 3.00. The van der Waals surface area contributed by atoms with Crippen LogP contribution in [0.3, 0.4) is 0 Å². The van der Waals surface area contributed by atoms with Gasteiger partial charge in [0.15, 0.2) is 0 Å². The molecular weight excluding hydrogens is 318 g/mol. The third kappa shape index (κ3) is 3.59. The molecule has 1 aromatic rings. The summed E-state index contributed by atoms with van der Waals surface area (Å²) in [6.45, 7) is 4.60. The van der Waals surface area contributed by atoms with Gasteiger partial charge in [0.25, 0.3) is 0 Å². The molecule has 2 atom stereocenters. The summed E-state index contributed by atoms with van der Waals surface area (Å²) >= 11 is 3.38. The zero-order valence-electron chi connectivity index (χ0n) is 12.0. The number of benzene rings is 1. The fourth-order valence-electron chi connectivity index (χ4n) is 2.54. The van der Waals surface area contributed by atoms with Crippen molar-refractivity contribution in [3.63, 3.8) is 0 Å². The van der Waals surface area contributed by atoms with Crippen LogP contribution >= 0.6 is 15.9 Å². The lowest BCUT2D eigenvalue weighted by molar-refractivity contribution is -0.126. The molecule has 0 bridgehead atoms. The van der Waals surface area contributed by atoms with Crippen molar-refractivity contribution in [1.29, 1.82) is 0 Å². The second-order valence-corrected chi connectivity index (χ2v) is 6.75. The maximum Gasteiger partial charge on any atom is 0.244 e. The van der Waals surface area contributed by atoms with Gasteiger partial charge in [-0.25, -0.2) is 0 Å². The Hall–Kier alpha value is -0.910. The summed E-state index contributed by atoms with van der Waals surface area (Å²) in [4.78, 5) is 14.6. The van der Waals surface area contributed by atoms with Gasteiger partial charge in [-0.1, -0.05) is 28.1 Å². The van der Waals surface area contributed by atoms with Gasteiger partial charge in [-0.2, -0.15) is 0 Å². The maximum atomic E-state index is 12.3. The molecule has 1 saturated heterocycles. The molecule has 1 heterocycles. The normalized spacial score (nSPS) is 22.5. The summed E-state index contributed by atoms with van der Waals surface area (Å²) < 4.78 is 0.978. The van der Waals surface area contributed by atoms with E-state index in [1.165, 1.54) is 0 Å². The average Bonchev–Trinajstić information content (AvgIpc) is 2.82. The van der Waals surface area contributed by atoms with Crippen molar-refractivity contribution in [3.05, 3.63) is 34.3 Å². The van der Waals surface area contributed by atoms with E-state index in [-0.39, 0.29) is 5.91 Å². The molecular formula is C15H22BrN3O. The second kappa shape index (κ2) is 6.24. The first-order valence-electron chi connectivity index (χ1n) is 6.91. The highest BCUT2D eigenvalue weighted by Gasteiger charge is 2.31. The molecule has 0 radical (unpaired) electrons. The van der Waals surface area contributed by atoms with Crippen LogP contribution in [0.15, 0.2) is 28.7 Å². The molecule has 2 unspecified atom stereocenters. The summed E-state index contributed by atoms with van der Waals surface area (Å²) in [6.07, 6.45) is 1.14. The Morgan fingerprint density at radius 2 is 2.15 bits per heavy atom. The Morgan fingerprint density at radius 1 is 1.50 bits per heavy atom. The highest BCUT2D eigenvalue weighted by molar-refractivity contribution is 9.10. The van der Waals surface area contributed by atoms with Crippen molar-refractivity contribution in [2.45, 2.75) is 18.9 Å². The van der Waals surface area contributed by atoms with E-state index in [9.17, 15) is 4.79 Å². The number of hydrogen-bond acceptors (Lipinski definition) is 3. The SMILES string of the molecule is CN1CCC(CNC(=O)C(C)(N)c2ccc(Br)cc2)C1. The molecule has 4 nitrogen and oxygen atoms in total. The van der Waals surface area contributed by atoms with Gasteiger partial charge in [-0.15, -0.1) is 0 Å². The van der Waals surface area contributed by atoms with E-state index in [0.717, 1.165) is 29.5 Å². The minimum atomic E-state index is -0.995. The van der Waals surface area contributed by atoms with Crippen LogP contribution in [0.4, 0.5) is 0 Å². The van der Waals surface area contributed by atoms with Crippen LogP contribution in [-0.2, 0) is 10.3 Å². The highest BCUT2D eigenvalue weighted by atomic mass is 79.9. The number of carbonyl (C=O) groups excluding carboxylic acids is 1. The molecule has 5 heteroatoms. The van der Waals surface area contributed by atoms with E-state index in [2.05, 4.69) is 33.2 Å². The molecule has 3 N–H and O–H groups in total. The minimum Gasteiger partial charge on any atom is -0.354 e. The van der Waals surface area contributed by atoms with Crippen molar-refractivity contribution in [2.24, 2.45) is 11.7 Å². The lowest BCUT2D eigenvalue weighted by Gasteiger charge is -2.25. The van der Waals surface area contributed by atoms with Gasteiger partial charge in [0.2, 0.25) is 5.91 Å². The summed E-state index contributed by atoms with van der Waals surface area (Å²) in [5.74, 6) is 0.416. The lowest BCUT2D eigenvalue weighted by atomic mass is 9.92. The second-order valence-electron chi connectivity index (χ2n) is 5.84. The Morgan fingerprint density at radius 3 is 2.70 bits per heavy atom. The average molecular weight is 340 g/mol. The van der Waals surface area contributed by atoms with Crippen LogP contribution in [-0.4, -0.2) is 37.5 Å². The van der Waals surface area contributed by atoms with Gasteiger partial charge in [-0.3, -0.25) is 4.79 Å². The van der Waals surface area contributed by atoms with Crippen molar-refractivity contribution in [3.8, 4) is 0 Å². The van der Waals surface area contributed by atoms with E-state index in [1.54, 1.807) is 6.92 Å². The van der Waals surface area contributed by atoms with Crippen LogP contribution in [0.5, 0.6) is 0 Å². The molecule has 1 fully saturated rings. The monoisotopic (exact) mass is 339 g/mol. The Kier molecular flexibility index (Phi) is 4.83. The number of halogens is 1. The molecule has 0 aromatic heterocycles. The van der Waals surface area contributed by atoms with E-state index in [0.29, 0.717) is 12.5 Å². The first-order chi connectivity index (χ1) is 9.39. The van der Waals surface area contributed by atoms with E-state index in [1.807, 2.05) is 24.3 Å². The zero-order valence-corrected chi connectivity index (χ0v) is 13.6. The molecule has 0 spiro atoms. The minimum absolute atomic E-state index is 0.116. The van der Waals surface area contributed by atoms with Crippen LogP contribution in [0.1, 0.15) is 18.9 Å². The predicted molar refractivity (Wildman–Crippen MR) is 84.3 cm³/mol. The number of nitrogens with two attached hydrogens (primary N) is 1. The Labute approximate surface area is 128 Å². The van der Waals surface area contributed by atoms with E-state index < -0.39 is 5.54 Å². The number of nitrogens with one attached hydrogen (secondary N) is 1. The Bertz CT molecular complexity index is 473. The predicted octanol–water partition coefficient (Wildman–Crippen LogP) is 1.69.